The molecule has 1 N–H and O–H groups in total. The van der Waals surface area contributed by atoms with Crippen LogP contribution in [0.2, 0.25) is 0 Å². The standard InChI is InChI=1S/C15H22NO5P/c1-3-20-15(17)21-13-12-19-11-10-16-22(18,4-2)14-8-6-5-7-9-14/h3,5-9H,1,4,10-13H2,2H3,(H,16,18). The Kier molecular flexibility index (Phi) is 8.51. The SMILES string of the molecule is C=COC(=O)OCCOCCNP(=O)(CC)c1ccccc1. The van der Waals surface area contributed by atoms with Crippen molar-refractivity contribution in [3.63, 3.8) is 0 Å². The second-order valence-corrected chi connectivity index (χ2v) is 7.24. The fraction of sp³-hybridized carbons (Fsp3) is 0.400. The summed E-state index contributed by atoms with van der Waals surface area (Å²) in [4.78, 5) is 10.8. The Balaban J connectivity index is 2.22. The molecule has 6 nitrogen and oxygen atoms in total. The van der Waals surface area contributed by atoms with Gasteiger partial charge in [0.05, 0.1) is 19.5 Å². The van der Waals surface area contributed by atoms with E-state index in [1.807, 2.05) is 37.3 Å². The summed E-state index contributed by atoms with van der Waals surface area (Å²) in [5, 5.41) is 3.88. The third-order valence-corrected chi connectivity index (χ3v) is 5.62. The zero-order valence-corrected chi connectivity index (χ0v) is 13.6. The molecule has 1 atom stereocenters. The van der Waals surface area contributed by atoms with Crippen LogP contribution >= 0.6 is 7.29 Å². The highest BCUT2D eigenvalue weighted by Crippen LogP contribution is 2.38. The normalized spacial score (nSPS) is 13.1. The molecule has 0 aromatic heterocycles. The van der Waals surface area contributed by atoms with Crippen LogP contribution in [0.3, 0.4) is 0 Å². The Bertz CT molecular complexity index is 506. The van der Waals surface area contributed by atoms with Gasteiger partial charge in [-0.1, -0.05) is 43.8 Å². The number of nitrogens with one attached hydrogen (secondary N) is 1. The second kappa shape index (κ2) is 10.2. The molecule has 1 rings (SSSR count). The van der Waals surface area contributed by atoms with E-state index in [1.165, 1.54) is 0 Å². The predicted molar refractivity (Wildman–Crippen MR) is 85.7 cm³/mol. The number of benzene rings is 1. The van der Waals surface area contributed by atoms with Crippen LogP contribution in [0.4, 0.5) is 4.79 Å². The molecule has 0 heterocycles. The molecule has 0 aliphatic heterocycles. The quantitative estimate of drug-likeness (QED) is 0.308. The summed E-state index contributed by atoms with van der Waals surface area (Å²) in [5.41, 5.74) is 0. The van der Waals surface area contributed by atoms with Crippen LogP contribution in [0.5, 0.6) is 0 Å². The molecule has 0 aliphatic rings. The van der Waals surface area contributed by atoms with E-state index in [0.717, 1.165) is 11.6 Å². The van der Waals surface area contributed by atoms with Gasteiger partial charge >= 0.3 is 6.16 Å². The van der Waals surface area contributed by atoms with Crippen molar-refractivity contribution < 1.29 is 23.6 Å². The largest absolute Gasteiger partial charge is 0.513 e. The van der Waals surface area contributed by atoms with Gasteiger partial charge in [0.2, 0.25) is 0 Å². The van der Waals surface area contributed by atoms with Crippen LogP contribution in [0, 0.1) is 0 Å². The molecule has 0 saturated heterocycles. The van der Waals surface area contributed by atoms with E-state index in [9.17, 15) is 9.36 Å². The summed E-state index contributed by atoms with van der Waals surface area (Å²) in [6.45, 7) is 6.29. The van der Waals surface area contributed by atoms with Crippen LogP contribution < -0.4 is 10.4 Å². The molecule has 0 fully saturated rings. The summed E-state index contributed by atoms with van der Waals surface area (Å²) in [7, 11) is -2.58. The third kappa shape index (κ3) is 6.43. The van der Waals surface area contributed by atoms with Gasteiger partial charge in [0, 0.05) is 18.0 Å². The van der Waals surface area contributed by atoms with Crippen LogP contribution in [-0.4, -0.2) is 38.7 Å². The van der Waals surface area contributed by atoms with Gasteiger partial charge < -0.3 is 18.8 Å². The first-order valence-corrected chi connectivity index (χ1v) is 8.93. The Labute approximate surface area is 130 Å². The highest BCUT2D eigenvalue weighted by Gasteiger charge is 2.20. The number of carbonyl (C=O) groups excluding carboxylic acids is 1. The van der Waals surface area contributed by atoms with Crippen LogP contribution in [-0.2, 0) is 18.8 Å². The minimum Gasteiger partial charge on any atom is -0.432 e. The van der Waals surface area contributed by atoms with Gasteiger partial charge in [0.1, 0.15) is 6.61 Å². The molecule has 0 saturated carbocycles. The fourth-order valence-electron chi connectivity index (χ4n) is 1.74. The van der Waals surface area contributed by atoms with Crippen molar-refractivity contribution in [1.82, 2.24) is 5.09 Å². The highest BCUT2D eigenvalue weighted by molar-refractivity contribution is 7.69. The zero-order valence-electron chi connectivity index (χ0n) is 12.7. The Morgan fingerprint density at radius 1 is 1.27 bits per heavy atom. The molecule has 1 aromatic rings. The minimum atomic E-state index is -2.58. The van der Waals surface area contributed by atoms with E-state index in [4.69, 9.17) is 4.74 Å². The Morgan fingerprint density at radius 2 is 2.00 bits per heavy atom. The lowest BCUT2D eigenvalue weighted by Gasteiger charge is -2.18. The molecule has 7 heteroatoms. The first-order chi connectivity index (χ1) is 10.6. The number of ether oxygens (including phenoxy) is 3. The fourth-order valence-corrected chi connectivity index (χ4v) is 3.62. The van der Waals surface area contributed by atoms with Crippen LogP contribution in [0.1, 0.15) is 6.92 Å². The van der Waals surface area contributed by atoms with Crippen molar-refractivity contribution in [2.75, 3.05) is 32.5 Å². The molecule has 22 heavy (non-hydrogen) atoms. The number of hydrogen-bond acceptors (Lipinski definition) is 5. The maximum absolute atomic E-state index is 12.8. The average Bonchev–Trinajstić information content (AvgIpc) is 2.55. The number of carbonyl (C=O) groups is 1. The third-order valence-electron chi connectivity index (χ3n) is 2.86. The molecule has 1 unspecified atom stereocenters. The Hall–Kier alpha value is -1.62. The van der Waals surface area contributed by atoms with E-state index < -0.39 is 13.4 Å². The Morgan fingerprint density at radius 3 is 2.64 bits per heavy atom. The summed E-state index contributed by atoms with van der Waals surface area (Å²) >= 11 is 0. The molecule has 0 radical (unpaired) electrons. The van der Waals surface area contributed by atoms with Gasteiger partial charge in [-0.25, -0.2) is 4.79 Å². The highest BCUT2D eigenvalue weighted by atomic mass is 31.2. The average molecular weight is 327 g/mol. The summed E-state index contributed by atoms with van der Waals surface area (Å²) in [5.74, 6) is 0. The maximum atomic E-state index is 12.8. The first kappa shape index (κ1) is 18.4. The maximum Gasteiger partial charge on any atom is 0.513 e. The smallest absolute Gasteiger partial charge is 0.432 e. The van der Waals surface area contributed by atoms with E-state index in [1.54, 1.807) is 0 Å². The van der Waals surface area contributed by atoms with Crippen molar-refractivity contribution in [3.8, 4) is 0 Å². The van der Waals surface area contributed by atoms with Gasteiger partial charge in [-0.15, -0.1) is 0 Å². The summed E-state index contributed by atoms with van der Waals surface area (Å²) in [6, 6.07) is 9.35. The lowest BCUT2D eigenvalue weighted by atomic mass is 10.4. The van der Waals surface area contributed by atoms with Crippen LogP contribution in [0.25, 0.3) is 0 Å². The topological polar surface area (TPSA) is 73.9 Å². The number of rotatable bonds is 10. The van der Waals surface area contributed by atoms with Crippen molar-refractivity contribution in [1.29, 1.82) is 0 Å². The second-order valence-electron chi connectivity index (χ2n) is 4.29. The molecule has 0 bridgehead atoms. The zero-order chi connectivity index (χ0) is 16.3. The molecular weight excluding hydrogens is 305 g/mol. The molecule has 1 aromatic carbocycles. The minimum absolute atomic E-state index is 0.0940. The first-order valence-electron chi connectivity index (χ1n) is 7.04. The predicted octanol–water partition coefficient (Wildman–Crippen LogP) is 2.51. The van der Waals surface area contributed by atoms with E-state index in [2.05, 4.69) is 21.1 Å². The van der Waals surface area contributed by atoms with Gasteiger partial charge in [0.15, 0.2) is 7.29 Å². The molecular formula is C15H22NO5P. The molecule has 122 valence electrons. The van der Waals surface area contributed by atoms with Crippen molar-refractivity contribution in [2.45, 2.75) is 6.92 Å². The molecule has 0 amide bonds. The summed E-state index contributed by atoms with van der Waals surface area (Å²) < 4.78 is 27.1. The van der Waals surface area contributed by atoms with Crippen molar-refractivity contribution in [2.24, 2.45) is 0 Å². The van der Waals surface area contributed by atoms with E-state index in [0.29, 0.717) is 19.3 Å². The molecule has 0 spiro atoms. The van der Waals surface area contributed by atoms with Crippen molar-refractivity contribution in [3.05, 3.63) is 43.2 Å². The van der Waals surface area contributed by atoms with Gasteiger partial charge in [-0.05, 0) is 0 Å². The van der Waals surface area contributed by atoms with Crippen molar-refractivity contribution >= 4 is 18.8 Å². The molecule has 0 aliphatic carbocycles. The monoisotopic (exact) mass is 327 g/mol. The lowest BCUT2D eigenvalue weighted by molar-refractivity contribution is 0.0460. The van der Waals surface area contributed by atoms with Gasteiger partial charge in [-0.3, -0.25) is 5.09 Å². The van der Waals surface area contributed by atoms with Crippen LogP contribution in [0.15, 0.2) is 43.2 Å². The van der Waals surface area contributed by atoms with E-state index >= 15 is 0 Å². The number of hydrogen-bond donors (Lipinski definition) is 1. The van der Waals surface area contributed by atoms with Gasteiger partial charge in [-0.2, -0.15) is 0 Å². The lowest BCUT2D eigenvalue weighted by Crippen LogP contribution is -2.25. The van der Waals surface area contributed by atoms with Gasteiger partial charge in [0.25, 0.3) is 0 Å². The summed E-state index contributed by atoms with van der Waals surface area (Å²) in [6.07, 6.45) is 0.725. The van der Waals surface area contributed by atoms with E-state index in [-0.39, 0.29) is 13.2 Å².